The lowest BCUT2D eigenvalue weighted by Crippen LogP contribution is -2.07. The number of carbonyl (C=O) groups is 1. The van der Waals surface area contributed by atoms with Gasteiger partial charge in [0, 0.05) is 0 Å². The first-order valence-corrected chi connectivity index (χ1v) is 6.88. The lowest BCUT2D eigenvalue weighted by atomic mass is 10.1. The minimum atomic E-state index is -0.561. The van der Waals surface area contributed by atoms with E-state index in [1.54, 1.807) is 18.2 Å². The van der Waals surface area contributed by atoms with Gasteiger partial charge < -0.3 is 4.74 Å². The number of hydrogen-bond donors (Lipinski definition) is 0. The Morgan fingerprint density at radius 3 is 2.60 bits per heavy atom. The fourth-order valence-electron chi connectivity index (χ4n) is 1.94. The molecule has 4 nitrogen and oxygen atoms in total. The molecule has 6 heteroatoms. The summed E-state index contributed by atoms with van der Waals surface area (Å²) in [5, 5.41) is 4.19. The quantitative estimate of drug-likeness (QED) is 0.800. The average molecular weight is 341 g/mol. The van der Waals surface area contributed by atoms with E-state index in [-0.39, 0.29) is 11.6 Å². The van der Waals surface area contributed by atoms with Crippen LogP contribution >= 0.6 is 15.9 Å². The molecule has 0 aliphatic carbocycles. The molecule has 1 aromatic carbocycles. The zero-order valence-corrected chi connectivity index (χ0v) is 12.9. The van der Waals surface area contributed by atoms with E-state index < -0.39 is 11.8 Å². The highest BCUT2D eigenvalue weighted by Crippen LogP contribution is 2.31. The number of halogens is 2. The molecule has 0 radical (unpaired) electrons. The molecule has 0 saturated carbocycles. The molecule has 0 N–H and O–H groups in total. The van der Waals surface area contributed by atoms with Gasteiger partial charge in [-0.2, -0.15) is 5.10 Å². The molecule has 0 amide bonds. The van der Waals surface area contributed by atoms with Gasteiger partial charge in [0.05, 0.1) is 17.3 Å². The van der Waals surface area contributed by atoms with Crippen molar-refractivity contribution in [2.24, 2.45) is 0 Å². The third-order valence-corrected chi connectivity index (χ3v) is 3.65. The Morgan fingerprint density at radius 1 is 1.40 bits per heavy atom. The number of aromatic nitrogens is 2. The Labute approximate surface area is 124 Å². The molecule has 0 aliphatic heterocycles. The first kappa shape index (κ1) is 14.7. The van der Waals surface area contributed by atoms with E-state index in [0.717, 1.165) is 5.69 Å². The van der Waals surface area contributed by atoms with Crippen LogP contribution in [0.4, 0.5) is 4.39 Å². The van der Waals surface area contributed by atoms with Crippen molar-refractivity contribution in [1.82, 2.24) is 9.78 Å². The molecule has 1 aromatic heterocycles. The highest BCUT2D eigenvalue weighted by Gasteiger charge is 2.25. The second kappa shape index (κ2) is 5.75. The highest BCUT2D eigenvalue weighted by atomic mass is 79.9. The molecule has 0 spiro atoms. The molecule has 1 heterocycles. The van der Waals surface area contributed by atoms with E-state index in [1.165, 1.54) is 17.9 Å². The van der Waals surface area contributed by atoms with Gasteiger partial charge in [0.25, 0.3) is 0 Å². The SMILES string of the molecule is COC(=O)c1nn(-c2ccccc2F)c(C(C)C)c1Br. The Hall–Kier alpha value is -1.69. The van der Waals surface area contributed by atoms with Crippen molar-refractivity contribution in [3.8, 4) is 5.69 Å². The molecule has 0 fully saturated rings. The van der Waals surface area contributed by atoms with Crippen LogP contribution in [0.25, 0.3) is 5.69 Å². The number of esters is 1. The summed E-state index contributed by atoms with van der Waals surface area (Å²) < 4.78 is 20.6. The molecule has 106 valence electrons. The standard InChI is InChI=1S/C14H14BrFN2O2/c1-8(2)13-11(15)12(14(19)20-3)17-18(13)10-7-5-4-6-9(10)16/h4-8H,1-3H3. The Bertz CT molecular complexity index is 653. The third kappa shape index (κ3) is 2.47. The summed E-state index contributed by atoms with van der Waals surface area (Å²) in [6.07, 6.45) is 0. The molecule has 0 atom stereocenters. The van der Waals surface area contributed by atoms with E-state index in [1.807, 2.05) is 13.8 Å². The molecule has 2 aromatic rings. The van der Waals surface area contributed by atoms with Gasteiger partial charge in [-0.3, -0.25) is 0 Å². The van der Waals surface area contributed by atoms with E-state index >= 15 is 0 Å². The van der Waals surface area contributed by atoms with Gasteiger partial charge in [0.1, 0.15) is 11.5 Å². The Balaban J connectivity index is 2.70. The minimum absolute atomic E-state index is 0.0508. The van der Waals surface area contributed by atoms with Crippen LogP contribution in [-0.4, -0.2) is 22.9 Å². The van der Waals surface area contributed by atoms with Crippen LogP contribution < -0.4 is 0 Å². The number of para-hydroxylation sites is 1. The van der Waals surface area contributed by atoms with Gasteiger partial charge in [-0.25, -0.2) is 13.9 Å². The number of methoxy groups -OCH3 is 1. The lowest BCUT2D eigenvalue weighted by Gasteiger charge is -2.11. The topological polar surface area (TPSA) is 44.1 Å². The number of rotatable bonds is 3. The third-order valence-electron chi connectivity index (χ3n) is 2.87. The van der Waals surface area contributed by atoms with Gasteiger partial charge in [0.15, 0.2) is 5.69 Å². The smallest absolute Gasteiger partial charge is 0.359 e. The van der Waals surface area contributed by atoms with Crippen LogP contribution in [0.1, 0.15) is 35.9 Å². The summed E-state index contributed by atoms with van der Waals surface area (Å²) in [4.78, 5) is 11.7. The van der Waals surface area contributed by atoms with E-state index in [4.69, 9.17) is 4.74 Å². The summed E-state index contributed by atoms with van der Waals surface area (Å²) in [6.45, 7) is 3.89. The van der Waals surface area contributed by atoms with Crippen molar-refractivity contribution in [3.05, 3.63) is 45.9 Å². The monoisotopic (exact) mass is 340 g/mol. The summed E-state index contributed by atoms with van der Waals surface area (Å²) in [7, 11) is 1.28. The largest absolute Gasteiger partial charge is 0.464 e. The maximum Gasteiger partial charge on any atom is 0.359 e. The second-order valence-electron chi connectivity index (χ2n) is 4.56. The van der Waals surface area contributed by atoms with Crippen LogP contribution in [-0.2, 0) is 4.74 Å². The van der Waals surface area contributed by atoms with Gasteiger partial charge >= 0.3 is 5.97 Å². The number of carbonyl (C=O) groups excluding carboxylic acids is 1. The van der Waals surface area contributed by atoms with E-state index in [0.29, 0.717) is 10.2 Å². The molecule has 20 heavy (non-hydrogen) atoms. The number of nitrogens with zero attached hydrogens (tertiary/aromatic N) is 2. The Kier molecular flexibility index (Phi) is 4.23. The van der Waals surface area contributed by atoms with Gasteiger partial charge in [0.2, 0.25) is 0 Å². The van der Waals surface area contributed by atoms with Crippen molar-refractivity contribution < 1.29 is 13.9 Å². The van der Waals surface area contributed by atoms with Crippen molar-refractivity contribution in [3.63, 3.8) is 0 Å². The average Bonchev–Trinajstić information content (AvgIpc) is 2.76. The first-order chi connectivity index (χ1) is 9.47. The summed E-state index contributed by atoms with van der Waals surface area (Å²) in [5.74, 6) is -0.912. The van der Waals surface area contributed by atoms with Crippen molar-refractivity contribution in [1.29, 1.82) is 0 Å². The summed E-state index contributed by atoms with van der Waals surface area (Å²) >= 11 is 3.36. The molecule has 0 unspecified atom stereocenters. The number of ether oxygens (including phenoxy) is 1. The zero-order chi connectivity index (χ0) is 14.9. The fourth-order valence-corrected chi connectivity index (χ4v) is 2.81. The molecule has 0 saturated heterocycles. The minimum Gasteiger partial charge on any atom is -0.464 e. The molecular weight excluding hydrogens is 327 g/mol. The molecule has 0 aliphatic rings. The summed E-state index contributed by atoms with van der Waals surface area (Å²) in [6, 6.07) is 6.29. The molecular formula is C14H14BrFN2O2. The van der Waals surface area contributed by atoms with E-state index in [2.05, 4.69) is 21.0 Å². The Morgan fingerprint density at radius 2 is 2.05 bits per heavy atom. The predicted octanol–water partition coefficient (Wildman–Crippen LogP) is 3.68. The number of benzene rings is 1. The zero-order valence-electron chi connectivity index (χ0n) is 11.4. The van der Waals surface area contributed by atoms with Crippen molar-refractivity contribution in [2.45, 2.75) is 19.8 Å². The van der Waals surface area contributed by atoms with Gasteiger partial charge in [-0.1, -0.05) is 26.0 Å². The van der Waals surface area contributed by atoms with Gasteiger partial charge in [-0.15, -0.1) is 0 Å². The van der Waals surface area contributed by atoms with Crippen LogP contribution in [0.3, 0.4) is 0 Å². The van der Waals surface area contributed by atoms with Crippen LogP contribution in [0.2, 0.25) is 0 Å². The molecule has 2 rings (SSSR count). The number of hydrogen-bond acceptors (Lipinski definition) is 3. The van der Waals surface area contributed by atoms with Crippen molar-refractivity contribution in [2.75, 3.05) is 7.11 Å². The van der Waals surface area contributed by atoms with Crippen LogP contribution in [0.15, 0.2) is 28.7 Å². The molecule has 0 bridgehead atoms. The predicted molar refractivity (Wildman–Crippen MR) is 76.7 cm³/mol. The summed E-state index contributed by atoms with van der Waals surface area (Å²) in [5.41, 5.74) is 1.15. The second-order valence-corrected chi connectivity index (χ2v) is 5.35. The maximum atomic E-state index is 14.0. The normalized spacial score (nSPS) is 10.9. The fraction of sp³-hybridized carbons (Fsp3) is 0.286. The van der Waals surface area contributed by atoms with Gasteiger partial charge in [-0.05, 0) is 34.0 Å². The van der Waals surface area contributed by atoms with Crippen molar-refractivity contribution >= 4 is 21.9 Å². The maximum absolute atomic E-state index is 14.0. The van der Waals surface area contributed by atoms with E-state index in [9.17, 15) is 9.18 Å². The first-order valence-electron chi connectivity index (χ1n) is 6.09. The van der Waals surface area contributed by atoms with Crippen LogP contribution in [0.5, 0.6) is 0 Å². The highest BCUT2D eigenvalue weighted by molar-refractivity contribution is 9.10. The van der Waals surface area contributed by atoms with Crippen LogP contribution in [0, 0.1) is 5.82 Å². The lowest BCUT2D eigenvalue weighted by molar-refractivity contribution is 0.0592.